The molecule has 166 valence electrons. The van der Waals surface area contributed by atoms with Crippen molar-refractivity contribution < 1.29 is 4.79 Å². The molecule has 1 aliphatic heterocycles. The first-order valence-electron chi connectivity index (χ1n) is 10.9. The summed E-state index contributed by atoms with van der Waals surface area (Å²) >= 11 is 3.44. The van der Waals surface area contributed by atoms with E-state index >= 15 is 0 Å². The molecule has 0 radical (unpaired) electrons. The van der Waals surface area contributed by atoms with E-state index in [0.717, 1.165) is 46.1 Å². The van der Waals surface area contributed by atoms with E-state index in [0.29, 0.717) is 19.0 Å². The molecule has 0 unspecified atom stereocenters. The van der Waals surface area contributed by atoms with Crippen LogP contribution in [0.2, 0.25) is 0 Å². The van der Waals surface area contributed by atoms with Gasteiger partial charge in [-0.25, -0.2) is 14.8 Å². The average molecular weight is 494 g/mol. The number of aryl methyl sites for hydroxylation is 1. The number of piperazine rings is 1. The summed E-state index contributed by atoms with van der Waals surface area (Å²) in [4.78, 5) is 26.7. The van der Waals surface area contributed by atoms with E-state index in [1.807, 2.05) is 59.5 Å². The first-order chi connectivity index (χ1) is 15.4. The zero-order valence-corrected chi connectivity index (χ0v) is 20.3. The Labute approximate surface area is 197 Å². The lowest BCUT2D eigenvalue weighted by atomic mass is 10.0. The molecule has 0 bridgehead atoms. The molecule has 32 heavy (non-hydrogen) atoms. The molecule has 2 amide bonds. The number of carbonyl (C=O) groups excluding carboxylic acids is 1. The minimum absolute atomic E-state index is 0.0734. The lowest BCUT2D eigenvalue weighted by Crippen LogP contribution is -2.50. The van der Waals surface area contributed by atoms with Crippen molar-refractivity contribution in [1.29, 1.82) is 0 Å². The molecule has 1 fully saturated rings. The van der Waals surface area contributed by atoms with E-state index in [-0.39, 0.29) is 6.03 Å². The van der Waals surface area contributed by atoms with Gasteiger partial charge in [0.05, 0.1) is 0 Å². The van der Waals surface area contributed by atoms with E-state index in [1.54, 1.807) is 0 Å². The number of aromatic nitrogens is 2. The first kappa shape index (κ1) is 22.3. The van der Waals surface area contributed by atoms with Crippen LogP contribution >= 0.6 is 15.9 Å². The van der Waals surface area contributed by atoms with Crippen LogP contribution in [-0.4, -0.2) is 47.1 Å². The van der Waals surface area contributed by atoms with Crippen LogP contribution in [0.1, 0.15) is 31.0 Å². The van der Waals surface area contributed by atoms with Crippen LogP contribution in [-0.2, 0) is 0 Å². The predicted octanol–water partition coefficient (Wildman–Crippen LogP) is 5.69. The molecule has 1 aliphatic rings. The Hall–Kier alpha value is -2.93. The monoisotopic (exact) mass is 493 g/mol. The fraction of sp³-hybridized carbons (Fsp3) is 0.320. The smallest absolute Gasteiger partial charge is 0.321 e. The molecule has 0 aliphatic carbocycles. The fourth-order valence-corrected chi connectivity index (χ4v) is 4.49. The SMILES string of the molecule is Cc1nc(-c2ccccc2)nc(N2CCN(C(=O)Nc3cccc(Br)c3)CC2)c1C(C)C. The summed E-state index contributed by atoms with van der Waals surface area (Å²) in [6.45, 7) is 9.17. The molecule has 3 aromatic rings. The Bertz CT molecular complexity index is 1090. The first-order valence-corrected chi connectivity index (χ1v) is 11.7. The zero-order valence-electron chi connectivity index (χ0n) is 18.7. The number of amides is 2. The molecule has 2 aromatic carbocycles. The predicted molar refractivity (Wildman–Crippen MR) is 133 cm³/mol. The van der Waals surface area contributed by atoms with Crippen LogP contribution in [0, 0.1) is 6.92 Å². The molecule has 1 N–H and O–H groups in total. The second-order valence-corrected chi connectivity index (χ2v) is 9.22. The summed E-state index contributed by atoms with van der Waals surface area (Å²) < 4.78 is 0.940. The number of urea groups is 1. The molecule has 2 heterocycles. The summed E-state index contributed by atoms with van der Waals surface area (Å²) in [5.74, 6) is 2.04. The summed E-state index contributed by atoms with van der Waals surface area (Å²) in [6, 6.07) is 17.7. The van der Waals surface area contributed by atoms with Gasteiger partial charge in [-0.05, 0) is 31.0 Å². The molecule has 0 spiro atoms. The van der Waals surface area contributed by atoms with Gasteiger partial charge in [0.25, 0.3) is 0 Å². The molecule has 1 saturated heterocycles. The van der Waals surface area contributed by atoms with Crippen molar-refractivity contribution in [3.63, 3.8) is 0 Å². The third kappa shape index (κ3) is 4.93. The summed E-state index contributed by atoms with van der Waals surface area (Å²) in [6.07, 6.45) is 0. The van der Waals surface area contributed by atoms with Crippen LogP contribution in [0.25, 0.3) is 11.4 Å². The van der Waals surface area contributed by atoms with Crippen molar-refractivity contribution in [3.8, 4) is 11.4 Å². The van der Waals surface area contributed by atoms with Crippen molar-refractivity contribution in [2.24, 2.45) is 0 Å². The maximum absolute atomic E-state index is 12.7. The normalized spacial score (nSPS) is 14.0. The Morgan fingerprint density at radius 3 is 2.38 bits per heavy atom. The highest BCUT2D eigenvalue weighted by Crippen LogP contribution is 2.31. The topological polar surface area (TPSA) is 61.4 Å². The van der Waals surface area contributed by atoms with E-state index in [9.17, 15) is 4.79 Å². The minimum Gasteiger partial charge on any atom is -0.353 e. The molecule has 7 heteroatoms. The summed E-state index contributed by atoms with van der Waals surface area (Å²) in [7, 11) is 0. The van der Waals surface area contributed by atoms with Gasteiger partial charge in [0.15, 0.2) is 5.82 Å². The number of carbonyl (C=O) groups is 1. The van der Waals surface area contributed by atoms with Gasteiger partial charge in [-0.1, -0.05) is 66.2 Å². The van der Waals surface area contributed by atoms with Gasteiger partial charge in [0.1, 0.15) is 5.82 Å². The zero-order chi connectivity index (χ0) is 22.7. The van der Waals surface area contributed by atoms with Crippen LogP contribution in [0.5, 0.6) is 0 Å². The van der Waals surface area contributed by atoms with Gasteiger partial charge in [-0.3, -0.25) is 0 Å². The van der Waals surface area contributed by atoms with Gasteiger partial charge in [0, 0.05) is 53.2 Å². The molecule has 1 aromatic heterocycles. The maximum atomic E-state index is 12.7. The van der Waals surface area contributed by atoms with Gasteiger partial charge >= 0.3 is 6.03 Å². The second kappa shape index (κ2) is 9.69. The Kier molecular flexibility index (Phi) is 6.74. The quantitative estimate of drug-likeness (QED) is 0.506. The van der Waals surface area contributed by atoms with Crippen molar-refractivity contribution in [3.05, 3.63) is 70.3 Å². The number of hydrogen-bond donors (Lipinski definition) is 1. The van der Waals surface area contributed by atoms with Crippen molar-refractivity contribution >= 4 is 33.5 Å². The highest BCUT2D eigenvalue weighted by molar-refractivity contribution is 9.10. The lowest BCUT2D eigenvalue weighted by molar-refractivity contribution is 0.208. The third-order valence-electron chi connectivity index (χ3n) is 5.67. The number of benzene rings is 2. The second-order valence-electron chi connectivity index (χ2n) is 8.31. The van der Waals surface area contributed by atoms with Crippen LogP contribution in [0.15, 0.2) is 59.1 Å². The molecule has 0 saturated carbocycles. The van der Waals surface area contributed by atoms with Gasteiger partial charge in [0.2, 0.25) is 0 Å². The Morgan fingerprint density at radius 1 is 1.00 bits per heavy atom. The fourth-order valence-electron chi connectivity index (χ4n) is 4.09. The number of halogens is 1. The van der Waals surface area contributed by atoms with Gasteiger partial charge in [-0.15, -0.1) is 0 Å². The van der Waals surface area contributed by atoms with Gasteiger partial charge < -0.3 is 15.1 Å². The highest BCUT2D eigenvalue weighted by atomic mass is 79.9. The maximum Gasteiger partial charge on any atom is 0.321 e. The third-order valence-corrected chi connectivity index (χ3v) is 6.16. The number of nitrogens with zero attached hydrogens (tertiary/aromatic N) is 4. The van der Waals surface area contributed by atoms with Crippen molar-refractivity contribution in [2.45, 2.75) is 26.7 Å². The van der Waals surface area contributed by atoms with Crippen molar-refractivity contribution in [1.82, 2.24) is 14.9 Å². The Morgan fingerprint density at radius 2 is 1.72 bits per heavy atom. The minimum atomic E-state index is -0.0734. The number of hydrogen-bond acceptors (Lipinski definition) is 4. The Balaban J connectivity index is 1.52. The highest BCUT2D eigenvalue weighted by Gasteiger charge is 2.26. The summed E-state index contributed by atoms with van der Waals surface area (Å²) in [5, 5.41) is 2.99. The molecule has 6 nitrogen and oxygen atoms in total. The molecule has 4 rings (SSSR count). The van der Waals surface area contributed by atoms with E-state index in [4.69, 9.17) is 9.97 Å². The van der Waals surface area contributed by atoms with Crippen molar-refractivity contribution in [2.75, 3.05) is 36.4 Å². The van der Waals surface area contributed by atoms with Crippen LogP contribution < -0.4 is 10.2 Å². The van der Waals surface area contributed by atoms with E-state index in [2.05, 4.69) is 46.9 Å². The largest absolute Gasteiger partial charge is 0.353 e. The van der Waals surface area contributed by atoms with E-state index in [1.165, 1.54) is 5.56 Å². The molecular formula is C25H28BrN5O. The summed E-state index contributed by atoms with van der Waals surface area (Å²) in [5.41, 5.74) is 3.99. The average Bonchev–Trinajstić information content (AvgIpc) is 2.79. The standard InChI is InChI=1S/C25H28BrN5O/c1-17(2)22-18(3)27-23(19-8-5-4-6-9-19)29-24(22)30-12-14-31(15-13-30)25(32)28-21-11-7-10-20(26)16-21/h4-11,16-17H,12-15H2,1-3H3,(H,28,32). The lowest BCUT2D eigenvalue weighted by Gasteiger charge is -2.37. The van der Waals surface area contributed by atoms with Crippen LogP contribution in [0.4, 0.5) is 16.3 Å². The number of anilines is 2. The molecule has 0 atom stereocenters. The number of rotatable bonds is 4. The molecular weight excluding hydrogens is 466 g/mol. The van der Waals surface area contributed by atoms with E-state index < -0.39 is 0 Å². The number of nitrogens with one attached hydrogen (secondary N) is 1. The van der Waals surface area contributed by atoms with Crippen LogP contribution in [0.3, 0.4) is 0 Å². The van der Waals surface area contributed by atoms with Gasteiger partial charge in [-0.2, -0.15) is 0 Å².